The van der Waals surface area contributed by atoms with E-state index < -0.39 is 12.9 Å². The third-order valence-electron chi connectivity index (χ3n) is 1.92. The van der Waals surface area contributed by atoms with Crippen LogP contribution in [0.4, 0.5) is 4.39 Å². The first-order valence-corrected chi connectivity index (χ1v) is 4.40. The van der Waals surface area contributed by atoms with E-state index >= 15 is 0 Å². The van der Waals surface area contributed by atoms with Gasteiger partial charge in [0, 0.05) is 6.04 Å². The number of nitrogens with two attached hydrogens (primary N) is 1. The fraction of sp³-hybridized carbons (Fsp3) is 0.333. The lowest BCUT2D eigenvalue weighted by Gasteiger charge is -2.07. The van der Waals surface area contributed by atoms with E-state index in [2.05, 4.69) is 0 Å². The van der Waals surface area contributed by atoms with Crippen molar-refractivity contribution in [2.45, 2.75) is 19.4 Å². The quantitative estimate of drug-likeness (QED) is 0.565. The molecule has 1 aromatic carbocycles. The molecule has 5 heteroatoms. The Bertz CT molecular complexity index is 318. The zero-order valence-electron chi connectivity index (χ0n) is 7.94. The molecule has 14 heavy (non-hydrogen) atoms. The van der Waals surface area contributed by atoms with Crippen LogP contribution in [0.2, 0.25) is 0 Å². The monoisotopic (exact) mass is 196 g/mol. The Kier molecular flexibility index (Phi) is 3.63. The second-order valence-corrected chi connectivity index (χ2v) is 3.41. The summed E-state index contributed by atoms with van der Waals surface area (Å²) in [5.41, 5.74) is 6.16. The normalized spacial score (nSPS) is 12.6. The minimum absolute atomic E-state index is 0.116. The second kappa shape index (κ2) is 4.55. The van der Waals surface area contributed by atoms with Crippen LogP contribution in [0, 0.1) is 5.82 Å². The van der Waals surface area contributed by atoms with Crippen molar-refractivity contribution in [3.8, 4) is 0 Å². The maximum atomic E-state index is 13.3. The van der Waals surface area contributed by atoms with Crippen molar-refractivity contribution in [3.05, 3.63) is 29.6 Å². The van der Waals surface area contributed by atoms with Crippen molar-refractivity contribution in [2.24, 2.45) is 5.73 Å². The van der Waals surface area contributed by atoms with E-state index in [0.29, 0.717) is 12.0 Å². The van der Waals surface area contributed by atoms with E-state index in [1.807, 2.05) is 0 Å². The summed E-state index contributed by atoms with van der Waals surface area (Å²) in [4.78, 5) is 0. The summed E-state index contributed by atoms with van der Waals surface area (Å²) in [6, 6.07) is 4.00. The van der Waals surface area contributed by atoms with Crippen LogP contribution in [0.5, 0.6) is 0 Å². The Labute approximate surface area is 82.5 Å². The van der Waals surface area contributed by atoms with Crippen LogP contribution < -0.4 is 11.2 Å². The van der Waals surface area contributed by atoms with Crippen LogP contribution in [0.3, 0.4) is 0 Å². The van der Waals surface area contributed by atoms with Crippen LogP contribution in [0.1, 0.15) is 12.5 Å². The van der Waals surface area contributed by atoms with Gasteiger partial charge in [-0.05, 0) is 30.4 Å². The van der Waals surface area contributed by atoms with Crippen LogP contribution in [0.25, 0.3) is 0 Å². The summed E-state index contributed by atoms with van der Waals surface area (Å²) in [5, 5.41) is 17.6. The van der Waals surface area contributed by atoms with E-state index in [1.165, 1.54) is 12.1 Å². The summed E-state index contributed by atoms with van der Waals surface area (Å²) < 4.78 is 13.3. The molecule has 4 N–H and O–H groups in total. The van der Waals surface area contributed by atoms with E-state index in [4.69, 9.17) is 15.8 Å². The maximum Gasteiger partial charge on any atom is 0.488 e. The Morgan fingerprint density at radius 1 is 1.50 bits per heavy atom. The molecule has 0 fully saturated rings. The molecule has 1 rings (SSSR count). The van der Waals surface area contributed by atoms with E-state index in [9.17, 15) is 4.39 Å². The van der Waals surface area contributed by atoms with Crippen molar-refractivity contribution >= 4 is 12.6 Å². The SMILES string of the molecule is CC(N)Cc1ccc(B(O)O)cc1[18F]. The van der Waals surface area contributed by atoms with Crippen molar-refractivity contribution in [1.29, 1.82) is 0 Å². The van der Waals surface area contributed by atoms with E-state index in [-0.39, 0.29) is 11.5 Å². The molecular formula is C9H13BFNO2. The number of benzene rings is 1. The van der Waals surface area contributed by atoms with Gasteiger partial charge in [-0.2, -0.15) is 0 Å². The average molecular weight is 196 g/mol. The fourth-order valence-electron chi connectivity index (χ4n) is 1.24. The highest BCUT2D eigenvalue weighted by Gasteiger charge is 2.13. The Hall–Kier alpha value is -0.905. The highest BCUT2D eigenvalue weighted by Crippen LogP contribution is 2.07. The molecule has 0 amide bonds. The zero-order valence-corrected chi connectivity index (χ0v) is 7.94. The zero-order chi connectivity index (χ0) is 10.7. The number of hydrogen-bond donors (Lipinski definition) is 3. The fourth-order valence-corrected chi connectivity index (χ4v) is 1.24. The highest BCUT2D eigenvalue weighted by atomic mass is 18.2. The van der Waals surface area contributed by atoms with Gasteiger partial charge in [0.05, 0.1) is 0 Å². The number of rotatable bonds is 3. The molecule has 0 bridgehead atoms. The molecule has 0 spiro atoms. The molecule has 0 aliphatic rings. The van der Waals surface area contributed by atoms with Gasteiger partial charge >= 0.3 is 7.12 Å². The molecule has 3 nitrogen and oxygen atoms in total. The Morgan fingerprint density at radius 3 is 2.57 bits per heavy atom. The third-order valence-corrected chi connectivity index (χ3v) is 1.92. The molecule has 1 atom stereocenters. The van der Waals surface area contributed by atoms with Crippen molar-refractivity contribution in [2.75, 3.05) is 0 Å². The average Bonchev–Trinajstić information content (AvgIpc) is 2.07. The van der Waals surface area contributed by atoms with Crippen LogP contribution in [-0.4, -0.2) is 23.2 Å². The van der Waals surface area contributed by atoms with E-state index in [0.717, 1.165) is 6.07 Å². The smallest absolute Gasteiger partial charge is 0.423 e. The van der Waals surface area contributed by atoms with Crippen LogP contribution >= 0.6 is 0 Å². The first-order chi connectivity index (χ1) is 6.50. The predicted molar refractivity (Wildman–Crippen MR) is 53.6 cm³/mol. The lowest BCUT2D eigenvalue weighted by atomic mass is 9.79. The minimum Gasteiger partial charge on any atom is -0.423 e. The number of halogens is 1. The van der Waals surface area contributed by atoms with Crippen molar-refractivity contribution in [3.63, 3.8) is 0 Å². The van der Waals surface area contributed by atoms with Gasteiger partial charge < -0.3 is 15.8 Å². The largest absolute Gasteiger partial charge is 0.488 e. The molecule has 1 unspecified atom stereocenters. The van der Waals surface area contributed by atoms with Crippen LogP contribution in [-0.2, 0) is 6.42 Å². The molecule has 1 aromatic rings. The number of hydrogen-bond acceptors (Lipinski definition) is 3. The first-order valence-electron chi connectivity index (χ1n) is 4.40. The maximum absolute atomic E-state index is 13.3. The topological polar surface area (TPSA) is 66.5 Å². The molecule has 0 saturated heterocycles. The van der Waals surface area contributed by atoms with E-state index in [1.54, 1.807) is 6.92 Å². The predicted octanol–water partition coefficient (Wildman–Crippen LogP) is -0.605. The molecular weight excluding hydrogens is 183 g/mol. The van der Waals surface area contributed by atoms with Gasteiger partial charge in [0.2, 0.25) is 0 Å². The van der Waals surface area contributed by atoms with Gasteiger partial charge in [-0.25, -0.2) is 4.39 Å². The lowest BCUT2D eigenvalue weighted by Crippen LogP contribution is -2.30. The lowest BCUT2D eigenvalue weighted by molar-refractivity contribution is 0.425. The molecule has 0 aromatic heterocycles. The summed E-state index contributed by atoms with van der Waals surface area (Å²) in [6.07, 6.45) is 0.438. The summed E-state index contributed by atoms with van der Waals surface area (Å²) in [6.45, 7) is 1.79. The van der Waals surface area contributed by atoms with Crippen LogP contribution in [0.15, 0.2) is 18.2 Å². The standard InChI is InChI=1S/C9H13BFNO2/c1-6(12)4-7-2-3-8(10(13)14)5-9(7)11/h2-3,5-6,13-14H,4,12H2,1H3/i11-1. The van der Waals surface area contributed by atoms with Gasteiger partial charge in [-0.3, -0.25) is 0 Å². The molecule has 0 radical (unpaired) electrons. The highest BCUT2D eigenvalue weighted by molar-refractivity contribution is 6.58. The van der Waals surface area contributed by atoms with Crippen molar-refractivity contribution < 1.29 is 14.4 Å². The second-order valence-electron chi connectivity index (χ2n) is 3.41. The Balaban J connectivity index is 2.90. The molecule has 0 aliphatic heterocycles. The third kappa shape index (κ3) is 2.80. The molecule has 0 saturated carbocycles. The molecule has 0 heterocycles. The van der Waals surface area contributed by atoms with Gasteiger partial charge in [-0.1, -0.05) is 12.1 Å². The van der Waals surface area contributed by atoms with Gasteiger partial charge in [0.1, 0.15) is 5.82 Å². The first kappa shape index (κ1) is 11.2. The summed E-state index contributed by atoms with van der Waals surface area (Å²) >= 11 is 0. The summed E-state index contributed by atoms with van der Waals surface area (Å²) in [5.74, 6) is -0.451. The minimum atomic E-state index is -1.63. The summed E-state index contributed by atoms with van der Waals surface area (Å²) in [7, 11) is -1.63. The molecule has 0 aliphatic carbocycles. The Morgan fingerprint density at radius 2 is 2.14 bits per heavy atom. The van der Waals surface area contributed by atoms with Crippen molar-refractivity contribution in [1.82, 2.24) is 0 Å². The van der Waals surface area contributed by atoms with Gasteiger partial charge in [0.15, 0.2) is 0 Å². The van der Waals surface area contributed by atoms with Gasteiger partial charge in [-0.15, -0.1) is 0 Å². The van der Waals surface area contributed by atoms with Gasteiger partial charge in [0.25, 0.3) is 0 Å². The molecule has 76 valence electrons.